The topological polar surface area (TPSA) is 119 Å². The molecule has 3 aromatic carbocycles. The third kappa shape index (κ3) is 3.95. The molecule has 0 radical (unpaired) electrons. The molecule has 2 heterocycles. The average molecular weight is 457 g/mol. The van der Waals surface area contributed by atoms with Crippen LogP contribution in [0.2, 0.25) is 0 Å². The Labute approximate surface area is 193 Å². The maximum absolute atomic E-state index is 15.1. The van der Waals surface area contributed by atoms with Crippen LogP contribution in [-0.4, -0.2) is 27.0 Å². The van der Waals surface area contributed by atoms with Crippen molar-refractivity contribution in [2.45, 2.75) is 13.5 Å². The van der Waals surface area contributed by atoms with Crippen LogP contribution in [0.25, 0.3) is 22.5 Å². The monoisotopic (exact) mass is 457 g/mol. The van der Waals surface area contributed by atoms with E-state index in [4.69, 9.17) is 0 Å². The van der Waals surface area contributed by atoms with Gasteiger partial charge in [0.25, 0.3) is 5.91 Å². The highest BCUT2D eigenvalue weighted by Gasteiger charge is 2.28. The van der Waals surface area contributed by atoms with Crippen LogP contribution in [0.5, 0.6) is 5.75 Å². The summed E-state index contributed by atoms with van der Waals surface area (Å²) in [5.41, 5.74) is 4.36. The Kier molecular flexibility index (Phi) is 5.21. The number of halogens is 1. The molecule has 0 fully saturated rings. The van der Waals surface area contributed by atoms with Crippen LogP contribution in [0, 0.1) is 12.7 Å². The minimum Gasteiger partial charge on any atom is -0.508 e. The van der Waals surface area contributed by atoms with E-state index in [-0.39, 0.29) is 23.9 Å². The van der Waals surface area contributed by atoms with Crippen molar-refractivity contribution in [2.24, 2.45) is 0 Å². The number of fused-ring (bicyclic) bond motifs is 1. The fourth-order valence-corrected chi connectivity index (χ4v) is 4.00. The largest absolute Gasteiger partial charge is 0.508 e. The number of aryl methyl sites for hydroxylation is 1. The molecule has 34 heavy (non-hydrogen) atoms. The Morgan fingerprint density at radius 2 is 1.68 bits per heavy atom. The molecule has 1 aliphatic rings. The molecule has 1 aliphatic heterocycles. The van der Waals surface area contributed by atoms with E-state index in [9.17, 15) is 14.7 Å². The number of aromatic nitrogens is 2. The normalized spacial score (nSPS) is 12.2. The van der Waals surface area contributed by atoms with Gasteiger partial charge in [0.05, 0.1) is 5.56 Å². The van der Waals surface area contributed by atoms with E-state index in [1.165, 1.54) is 18.2 Å². The number of hydrogen-bond acceptors (Lipinski definition) is 4. The van der Waals surface area contributed by atoms with E-state index in [0.717, 1.165) is 5.69 Å². The van der Waals surface area contributed by atoms with Gasteiger partial charge in [0.2, 0.25) is 0 Å². The van der Waals surface area contributed by atoms with Gasteiger partial charge >= 0.3 is 6.03 Å². The van der Waals surface area contributed by atoms with E-state index < -0.39 is 11.8 Å². The van der Waals surface area contributed by atoms with Gasteiger partial charge in [-0.25, -0.2) is 14.2 Å². The number of nitrogens with zero attached hydrogens (tertiary/aromatic N) is 1. The van der Waals surface area contributed by atoms with E-state index in [0.29, 0.717) is 39.3 Å². The number of phenols is 1. The van der Waals surface area contributed by atoms with Gasteiger partial charge in [0.1, 0.15) is 17.4 Å². The van der Waals surface area contributed by atoms with Gasteiger partial charge < -0.3 is 26.0 Å². The lowest BCUT2D eigenvalue weighted by Crippen LogP contribution is -2.19. The summed E-state index contributed by atoms with van der Waals surface area (Å²) in [6.45, 7) is 2.16. The first-order valence-corrected chi connectivity index (χ1v) is 10.5. The van der Waals surface area contributed by atoms with Crippen LogP contribution in [0.3, 0.4) is 0 Å². The molecular weight excluding hydrogens is 437 g/mol. The van der Waals surface area contributed by atoms with Crippen molar-refractivity contribution in [1.29, 1.82) is 0 Å². The van der Waals surface area contributed by atoms with Gasteiger partial charge in [0.15, 0.2) is 0 Å². The number of carbonyl (C=O) groups is 2. The Morgan fingerprint density at radius 3 is 2.38 bits per heavy atom. The molecule has 0 saturated heterocycles. The van der Waals surface area contributed by atoms with Crippen molar-refractivity contribution >= 4 is 23.3 Å². The fraction of sp³-hybridized carbons (Fsp3) is 0.0800. The summed E-state index contributed by atoms with van der Waals surface area (Å²) in [5.74, 6) is -0.104. The van der Waals surface area contributed by atoms with E-state index >= 15 is 4.39 Å². The van der Waals surface area contributed by atoms with Gasteiger partial charge in [0, 0.05) is 40.9 Å². The number of imidazole rings is 1. The highest BCUT2D eigenvalue weighted by Crippen LogP contribution is 2.36. The first-order valence-electron chi connectivity index (χ1n) is 10.5. The number of nitrogens with one attached hydrogen (secondary N) is 4. The number of phenolic OH excluding ortho intramolecular Hbond substituents is 1. The maximum Gasteiger partial charge on any atom is 0.323 e. The SMILES string of the molecule is Cc1cnc(-c2ccc(-c3ccc(NC(=O)Nc4ccc(O)cc4)cc3F)c3c2C(=O)NC3)[nH]1. The van der Waals surface area contributed by atoms with Gasteiger partial charge in [-0.1, -0.05) is 6.07 Å². The number of amides is 3. The summed E-state index contributed by atoms with van der Waals surface area (Å²) in [6.07, 6.45) is 1.69. The molecule has 0 unspecified atom stereocenters. The predicted octanol–water partition coefficient (Wildman–Crippen LogP) is 4.78. The summed E-state index contributed by atoms with van der Waals surface area (Å²) in [7, 11) is 0. The zero-order chi connectivity index (χ0) is 23.8. The molecule has 8 nitrogen and oxygen atoms in total. The number of aromatic hydroxyl groups is 1. The summed E-state index contributed by atoms with van der Waals surface area (Å²) in [5, 5.41) is 17.3. The quantitative estimate of drug-likeness (QED) is 0.283. The highest BCUT2D eigenvalue weighted by atomic mass is 19.1. The van der Waals surface area contributed by atoms with E-state index in [2.05, 4.69) is 25.9 Å². The number of benzene rings is 3. The second kappa shape index (κ2) is 8.36. The molecule has 1 aromatic heterocycles. The van der Waals surface area contributed by atoms with Crippen molar-refractivity contribution in [2.75, 3.05) is 10.6 Å². The number of aromatic amines is 1. The average Bonchev–Trinajstić information content (AvgIpc) is 3.41. The molecular formula is C25H20FN5O3. The van der Waals surface area contributed by atoms with Crippen molar-refractivity contribution in [1.82, 2.24) is 15.3 Å². The molecule has 0 aliphatic carbocycles. The standard InChI is InChI=1S/C25H20FN5O3/c1-13-11-27-23(29-13)19-9-8-17(20-12-28-24(33)22(19)20)18-7-4-15(10-21(18)26)31-25(34)30-14-2-5-16(32)6-3-14/h2-11,32H,12H2,1H3,(H,27,29)(H,28,33)(H2,30,31,34). The van der Waals surface area contributed by atoms with Gasteiger partial charge in [-0.3, -0.25) is 4.79 Å². The fourth-order valence-electron chi connectivity index (χ4n) is 4.00. The maximum atomic E-state index is 15.1. The number of urea groups is 1. The lowest BCUT2D eigenvalue weighted by atomic mass is 9.92. The van der Waals surface area contributed by atoms with Gasteiger partial charge in [-0.2, -0.15) is 0 Å². The lowest BCUT2D eigenvalue weighted by molar-refractivity contribution is 0.0966. The minimum absolute atomic E-state index is 0.0827. The molecule has 5 rings (SSSR count). The summed E-state index contributed by atoms with van der Waals surface area (Å²) in [6, 6.07) is 13.4. The predicted molar refractivity (Wildman–Crippen MR) is 126 cm³/mol. The highest BCUT2D eigenvalue weighted by molar-refractivity contribution is 6.06. The second-order valence-electron chi connectivity index (χ2n) is 7.93. The lowest BCUT2D eigenvalue weighted by Gasteiger charge is -2.13. The first-order chi connectivity index (χ1) is 16.4. The number of H-pyrrole nitrogens is 1. The first kappa shape index (κ1) is 21.2. The van der Waals surface area contributed by atoms with Gasteiger partial charge in [-0.05, 0) is 66.6 Å². The zero-order valence-electron chi connectivity index (χ0n) is 18.1. The Morgan fingerprint density at radius 1 is 1.00 bits per heavy atom. The number of rotatable bonds is 4. The molecule has 0 spiro atoms. The van der Waals surface area contributed by atoms with Crippen molar-refractivity contribution in [3.8, 4) is 28.3 Å². The molecule has 5 N–H and O–H groups in total. The summed E-state index contributed by atoms with van der Waals surface area (Å²) in [4.78, 5) is 32.3. The number of anilines is 2. The number of carbonyl (C=O) groups excluding carboxylic acids is 2. The third-order valence-corrected chi connectivity index (χ3v) is 5.57. The van der Waals surface area contributed by atoms with Crippen molar-refractivity contribution in [3.05, 3.63) is 83.4 Å². The third-order valence-electron chi connectivity index (χ3n) is 5.57. The second-order valence-corrected chi connectivity index (χ2v) is 7.93. The molecule has 170 valence electrons. The summed E-state index contributed by atoms with van der Waals surface area (Å²) < 4.78 is 15.1. The zero-order valence-corrected chi connectivity index (χ0v) is 18.1. The van der Waals surface area contributed by atoms with Crippen molar-refractivity contribution in [3.63, 3.8) is 0 Å². The molecule has 3 amide bonds. The van der Waals surface area contributed by atoms with Crippen LogP contribution in [0.15, 0.2) is 60.8 Å². The molecule has 0 saturated carbocycles. The van der Waals surface area contributed by atoms with E-state index in [1.807, 2.05) is 6.92 Å². The molecule has 4 aromatic rings. The summed E-state index contributed by atoms with van der Waals surface area (Å²) >= 11 is 0. The minimum atomic E-state index is -0.549. The van der Waals surface area contributed by atoms with E-state index in [1.54, 1.807) is 42.6 Å². The number of hydrogen-bond donors (Lipinski definition) is 5. The van der Waals surface area contributed by atoms with Crippen LogP contribution < -0.4 is 16.0 Å². The van der Waals surface area contributed by atoms with Crippen LogP contribution in [0.4, 0.5) is 20.6 Å². The Bertz CT molecular complexity index is 1430. The van der Waals surface area contributed by atoms with Crippen molar-refractivity contribution < 1.29 is 19.1 Å². The van der Waals surface area contributed by atoms with Crippen LogP contribution >= 0.6 is 0 Å². The Hall–Kier alpha value is -4.66. The van der Waals surface area contributed by atoms with Gasteiger partial charge in [-0.15, -0.1) is 0 Å². The molecule has 9 heteroatoms. The molecule has 0 bridgehead atoms. The molecule has 0 atom stereocenters. The Balaban J connectivity index is 1.42. The smallest absolute Gasteiger partial charge is 0.323 e. The van der Waals surface area contributed by atoms with Crippen LogP contribution in [0.1, 0.15) is 21.6 Å². The van der Waals surface area contributed by atoms with Crippen LogP contribution in [-0.2, 0) is 6.54 Å².